The number of aromatic hydroxyl groups is 5. The van der Waals surface area contributed by atoms with Crippen LogP contribution in [0, 0.1) is 0 Å². The highest BCUT2D eigenvalue weighted by Gasteiger charge is 2.50. The Morgan fingerprint density at radius 3 is 2.19 bits per heavy atom. The van der Waals surface area contributed by atoms with Crippen LogP contribution in [0.3, 0.4) is 0 Å². The van der Waals surface area contributed by atoms with E-state index in [4.69, 9.17) is 28.1 Å². The summed E-state index contributed by atoms with van der Waals surface area (Å²) in [5.74, 6) is -4.67. The number of aliphatic hydroxyl groups excluding tert-OH is 5. The van der Waals surface area contributed by atoms with Crippen LogP contribution in [0.15, 0.2) is 69.9 Å². The second kappa shape index (κ2) is 15.5. The summed E-state index contributed by atoms with van der Waals surface area (Å²) in [6, 6.07) is 10.9. The minimum Gasteiger partial charge on any atom is -0.508 e. The molecule has 4 aromatic rings. The van der Waals surface area contributed by atoms with Gasteiger partial charge >= 0.3 is 5.97 Å². The SMILES string of the molecule is C[C@@H]1O[C@H](OC[C@@H]2O[C@H](Oc3c(-c4ccc(O)c(O)c4)oc4cc(O)cc(O)c4c3=O)[C@@H](O)[C@H](OC(=O)C=Cc3ccc(O)cc3)[C@H]2O)[C@@H](O)[C@H](O)[C@H]1O. The van der Waals surface area contributed by atoms with Gasteiger partial charge in [0.2, 0.25) is 17.5 Å². The van der Waals surface area contributed by atoms with Crippen molar-refractivity contribution in [3.8, 4) is 45.8 Å². The van der Waals surface area contributed by atoms with E-state index in [-0.39, 0.29) is 16.9 Å². The van der Waals surface area contributed by atoms with Crippen LogP contribution in [0.4, 0.5) is 0 Å². The van der Waals surface area contributed by atoms with Crippen LogP contribution in [0.5, 0.6) is 34.5 Å². The third-order valence-electron chi connectivity index (χ3n) is 8.82. The minimum atomic E-state index is -2.07. The predicted molar refractivity (Wildman–Crippen MR) is 181 cm³/mol. The monoisotopic (exact) mass is 756 g/mol. The zero-order valence-corrected chi connectivity index (χ0v) is 28.1. The smallest absolute Gasteiger partial charge is 0.331 e. The first kappa shape index (κ1) is 38.3. The van der Waals surface area contributed by atoms with E-state index in [0.29, 0.717) is 5.56 Å². The van der Waals surface area contributed by atoms with Crippen LogP contribution in [-0.2, 0) is 23.7 Å². The van der Waals surface area contributed by atoms with E-state index in [1.165, 1.54) is 43.3 Å². The topological polar surface area (TPSA) is 296 Å². The molecule has 10 N–H and O–H groups in total. The van der Waals surface area contributed by atoms with Crippen LogP contribution < -0.4 is 10.2 Å². The number of phenolic OH excluding ortho intramolecular Hbond substituents is 5. The average Bonchev–Trinajstić information content (AvgIpc) is 3.13. The Balaban J connectivity index is 1.36. The van der Waals surface area contributed by atoms with Crippen LogP contribution in [0.25, 0.3) is 28.4 Å². The Bertz CT molecular complexity index is 2080. The van der Waals surface area contributed by atoms with Crippen molar-refractivity contribution in [3.05, 3.63) is 76.5 Å². The number of fused-ring (bicyclic) bond motifs is 1. The Morgan fingerprint density at radius 2 is 1.48 bits per heavy atom. The molecule has 2 aliphatic heterocycles. The molecular formula is C36H36O18. The number of carbonyl (C=O) groups excluding carboxylic acids is 1. The molecule has 54 heavy (non-hydrogen) atoms. The molecule has 2 saturated heterocycles. The predicted octanol–water partition coefficient (Wildman–Crippen LogP) is 0.283. The maximum absolute atomic E-state index is 13.9. The third-order valence-corrected chi connectivity index (χ3v) is 8.82. The van der Waals surface area contributed by atoms with Crippen molar-refractivity contribution in [1.29, 1.82) is 0 Å². The summed E-state index contributed by atoms with van der Waals surface area (Å²) in [7, 11) is 0. The van der Waals surface area contributed by atoms with Crippen molar-refractivity contribution in [3.63, 3.8) is 0 Å². The minimum absolute atomic E-state index is 0.0204. The molecule has 288 valence electrons. The first-order valence-corrected chi connectivity index (χ1v) is 16.3. The molecule has 2 fully saturated rings. The van der Waals surface area contributed by atoms with Crippen LogP contribution >= 0.6 is 0 Å². The number of esters is 1. The Labute approximate surface area is 304 Å². The van der Waals surface area contributed by atoms with E-state index < -0.39 is 119 Å². The van der Waals surface area contributed by atoms with Gasteiger partial charge in [0.15, 0.2) is 35.8 Å². The van der Waals surface area contributed by atoms with Gasteiger partial charge in [0.25, 0.3) is 0 Å². The quantitative estimate of drug-likeness (QED) is 0.0623. The van der Waals surface area contributed by atoms with E-state index >= 15 is 0 Å². The van der Waals surface area contributed by atoms with E-state index in [9.17, 15) is 60.7 Å². The Hall–Kier alpha value is -5.44. The van der Waals surface area contributed by atoms with Crippen molar-refractivity contribution in [2.75, 3.05) is 6.61 Å². The van der Waals surface area contributed by atoms with Crippen molar-refractivity contribution >= 4 is 23.0 Å². The van der Waals surface area contributed by atoms with E-state index in [0.717, 1.165) is 30.3 Å². The van der Waals surface area contributed by atoms with Crippen LogP contribution in [0.2, 0.25) is 0 Å². The summed E-state index contributed by atoms with van der Waals surface area (Å²) in [6.07, 6.45) is -14.6. The molecular weight excluding hydrogens is 720 g/mol. The van der Waals surface area contributed by atoms with Gasteiger partial charge in [0, 0.05) is 23.8 Å². The largest absolute Gasteiger partial charge is 0.508 e. The second-order valence-electron chi connectivity index (χ2n) is 12.6. The summed E-state index contributed by atoms with van der Waals surface area (Å²) < 4.78 is 34.0. The molecule has 2 aliphatic rings. The van der Waals surface area contributed by atoms with Gasteiger partial charge in [-0.3, -0.25) is 4.79 Å². The molecule has 6 rings (SSSR count). The molecule has 10 atom stereocenters. The fourth-order valence-corrected chi connectivity index (χ4v) is 5.89. The van der Waals surface area contributed by atoms with Gasteiger partial charge in [-0.15, -0.1) is 0 Å². The van der Waals surface area contributed by atoms with Crippen LogP contribution in [-0.4, -0.2) is 125 Å². The Morgan fingerprint density at radius 1 is 0.759 bits per heavy atom. The third kappa shape index (κ3) is 7.77. The molecule has 18 heteroatoms. The van der Waals surface area contributed by atoms with Crippen molar-refractivity contribution in [2.24, 2.45) is 0 Å². The number of hydrogen-bond acceptors (Lipinski definition) is 18. The number of benzene rings is 3. The Kier molecular flexibility index (Phi) is 11.0. The number of phenols is 5. The van der Waals surface area contributed by atoms with Gasteiger partial charge in [-0.1, -0.05) is 12.1 Å². The molecule has 3 heterocycles. The zero-order valence-electron chi connectivity index (χ0n) is 28.1. The molecule has 0 aliphatic carbocycles. The van der Waals surface area contributed by atoms with Crippen molar-refractivity contribution in [2.45, 2.75) is 68.3 Å². The summed E-state index contributed by atoms with van der Waals surface area (Å²) in [5.41, 5.74) is -1.01. The van der Waals surface area contributed by atoms with Crippen molar-refractivity contribution < 1.29 is 84.0 Å². The van der Waals surface area contributed by atoms with Gasteiger partial charge in [-0.2, -0.15) is 0 Å². The standard InChI is InChI=1S/C36H36O18/c1-14-26(43)29(46)30(47)35(50-14)49-13-23-27(44)33(53-24(42)9-4-15-2-6-17(37)7-3-15)31(48)36(52-23)54-34-28(45)25-21(41)11-18(38)12-22(25)51-32(34)16-5-8-19(39)20(40)10-16/h2-12,14,23,26-27,29-31,33,35-41,43-44,46-48H,13H2,1H3/t14-,23-,26-,27-,29+,30-,31-,33+,35-,36+/m0/s1. The summed E-state index contributed by atoms with van der Waals surface area (Å²) in [4.78, 5) is 26.9. The number of hydrogen-bond donors (Lipinski definition) is 10. The molecule has 0 saturated carbocycles. The normalized spacial score (nSPS) is 28.6. The second-order valence-corrected chi connectivity index (χ2v) is 12.6. The number of rotatable bonds is 9. The van der Waals surface area contributed by atoms with Gasteiger partial charge in [0.1, 0.15) is 58.7 Å². The lowest BCUT2D eigenvalue weighted by molar-refractivity contribution is -0.319. The highest BCUT2D eigenvalue weighted by atomic mass is 16.7. The number of aliphatic hydroxyl groups is 5. The number of carbonyl (C=O) groups is 1. The molecule has 0 unspecified atom stereocenters. The van der Waals surface area contributed by atoms with Gasteiger partial charge in [-0.05, 0) is 48.9 Å². The summed E-state index contributed by atoms with van der Waals surface area (Å²) in [5, 5.41) is 103. The fraction of sp³-hybridized carbons (Fsp3) is 0.333. The lowest BCUT2D eigenvalue weighted by Crippen LogP contribution is -2.62. The molecule has 0 bridgehead atoms. The summed E-state index contributed by atoms with van der Waals surface area (Å²) in [6.45, 7) is 0.719. The van der Waals surface area contributed by atoms with Gasteiger partial charge in [-0.25, -0.2) is 4.79 Å². The molecule has 0 amide bonds. The van der Waals surface area contributed by atoms with Crippen molar-refractivity contribution in [1.82, 2.24) is 0 Å². The lowest BCUT2D eigenvalue weighted by atomic mass is 9.98. The van der Waals surface area contributed by atoms with Crippen LogP contribution in [0.1, 0.15) is 12.5 Å². The average molecular weight is 757 g/mol. The van der Waals surface area contributed by atoms with E-state index in [2.05, 4.69) is 0 Å². The van der Waals surface area contributed by atoms with Gasteiger partial charge in [0.05, 0.1) is 12.7 Å². The molecule has 1 aromatic heterocycles. The van der Waals surface area contributed by atoms with E-state index in [1.54, 1.807) is 0 Å². The first-order chi connectivity index (χ1) is 25.6. The summed E-state index contributed by atoms with van der Waals surface area (Å²) >= 11 is 0. The van der Waals surface area contributed by atoms with E-state index in [1.807, 2.05) is 0 Å². The fourth-order valence-electron chi connectivity index (χ4n) is 5.89. The highest BCUT2D eigenvalue weighted by molar-refractivity contribution is 5.89. The maximum Gasteiger partial charge on any atom is 0.331 e. The molecule has 18 nitrogen and oxygen atoms in total. The maximum atomic E-state index is 13.9. The highest BCUT2D eigenvalue weighted by Crippen LogP contribution is 2.40. The first-order valence-electron chi connectivity index (χ1n) is 16.3. The number of ether oxygens (including phenoxy) is 5. The zero-order chi connectivity index (χ0) is 39.0. The van der Waals surface area contributed by atoms with Gasteiger partial charge < -0.3 is 79.2 Å². The lowest BCUT2D eigenvalue weighted by Gasteiger charge is -2.43. The molecule has 0 radical (unpaired) electrons. The molecule has 3 aromatic carbocycles. The molecule has 0 spiro atoms.